The van der Waals surface area contributed by atoms with Gasteiger partial charge in [-0.15, -0.1) is 0 Å². The van der Waals surface area contributed by atoms with Crippen molar-refractivity contribution in [2.24, 2.45) is 17.2 Å². The van der Waals surface area contributed by atoms with Crippen molar-refractivity contribution in [3.8, 4) is 5.75 Å². The molecular weight excluding hydrogens is 218 g/mol. The van der Waals surface area contributed by atoms with Crippen LogP contribution >= 0.6 is 0 Å². The van der Waals surface area contributed by atoms with E-state index in [0.717, 1.165) is 19.3 Å². The van der Waals surface area contributed by atoms with Crippen LogP contribution in [0.4, 0.5) is 0 Å². The van der Waals surface area contributed by atoms with Crippen LogP contribution in [0.15, 0.2) is 24.3 Å². The first-order valence-electron chi connectivity index (χ1n) is 5.59. The van der Waals surface area contributed by atoms with Crippen LogP contribution in [0, 0.1) is 0 Å². The maximum atomic E-state index is 10.5. The number of amides is 1. The van der Waals surface area contributed by atoms with E-state index in [2.05, 4.69) is 0 Å². The molecule has 0 saturated heterocycles. The first-order chi connectivity index (χ1) is 7.99. The number of hydrogen-bond acceptors (Lipinski definition) is 4. The summed E-state index contributed by atoms with van der Waals surface area (Å²) < 4.78 is 0. The van der Waals surface area contributed by atoms with Crippen molar-refractivity contribution in [1.29, 1.82) is 0 Å². The number of rotatable bonds is 1. The van der Waals surface area contributed by atoms with Gasteiger partial charge in [0.05, 0.1) is 0 Å². The van der Waals surface area contributed by atoms with Crippen LogP contribution in [-0.2, 0) is 0 Å². The van der Waals surface area contributed by atoms with Gasteiger partial charge in [0.15, 0.2) is 0 Å². The number of nitrogens with two attached hydrogens (primary N) is 3. The summed E-state index contributed by atoms with van der Waals surface area (Å²) in [4.78, 5) is 10.5. The number of phenols is 1. The van der Waals surface area contributed by atoms with Crippen LogP contribution in [0.5, 0.6) is 5.75 Å². The van der Waals surface area contributed by atoms with E-state index in [1.165, 1.54) is 12.1 Å². The van der Waals surface area contributed by atoms with Gasteiger partial charge in [0.2, 0.25) is 5.91 Å². The number of aromatic hydroxyl groups is 1. The van der Waals surface area contributed by atoms with Crippen LogP contribution in [-0.4, -0.2) is 23.1 Å². The summed E-state index contributed by atoms with van der Waals surface area (Å²) in [7, 11) is 0. The van der Waals surface area contributed by atoms with E-state index in [1.54, 1.807) is 12.1 Å². The highest BCUT2D eigenvalue weighted by Crippen LogP contribution is 2.14. The summed E-state index contributed by atoms with van der Waals surface area (Å²) in [6.07, 6.45) is 3.28. The van der Waals surface area contributed by atoms with Crippen LogP contribution in [0.1, 0.15) is 29.6 Å². The lowest BCUT2D eigenvalue weighted by atomic mass is 10.2. The van der Waals surface area contributed by atoms with Crippen molar-refractivity contribution in [3.05, 3.63) is 29.8 Å². The number of phenolic OH excluding ortho intramolecular Hbond substituents is 1. The van der Waals surface area contributed by atoms with Crippen molar-refractivity contribution in [2.75, 3.05) is 0 Å². The molecule has 5 nitrogen and oxygen atoms in total. The van der Waals surface area contributed by atoms with Crippen LogP contribution in [0.3, 0.4) is 0 Å². The molecule has 1 amide bonds. The zero-order valence-corrected chi connectivity index (χ0v) is 9.67. The topological polar surface area (TPSA) is 115 Å². The van der Waals surface area contributed by atoms with E-state index in [0.29, 0.717) is 17.6 Å². The maximum Gasteiger partial charge on any atom is 0.248 e. The molecule has 1 aromatic rings. The number of benzene rings is 1. The molecule has 1 aliphatic carbocycles. The molecule has 5 heteroatoms. The minimum Gasteiger partial charge on any atom is -0.508 e. The third-order valence-electron chi connectivity index (χ3n) is 2.64. The molecule has 1 saturated carbocycles. The van der Waals surface area contributed by atoms with Crippen LogP contribution in [0.25, 0.3) is 0 Å². The average Bonchev–Trinajstić information content (AvgIpc) is 2.63. The number of primary amides is 1. The normalized spacial score (nSPS) is 22.7. The molecule has 94 valence electrons. The second kappa shape index (κ2) is 6.22. The number of hydrogen-bond donors (Lipinski definition) is 4. The molecule has 1 fully saturated rings. The van der Waals surface area contributed by atoms with Gasteiger partial charge in [-0.25, -0.2) is 0 Å². The molecule has 0 aromatic heterocycles. The standard InChI is InChI=1S/C7H7NO2.C5H12N2/c8-7(10)5-2-1-3-6(9)4-5;6-4-1-2-5(7)3-4/h1-4,9H,(H2,8,10);4-5H,1-3,6-7H2/t;4-,5+. The minimum absolute atomic E-state index is 0.0521. The highest BCUT2D eigenvalue weighted by molar-refractivity contribution is 5.93. The van der Waals surface area contributed by atoms with Crippen molar-refractivity contribution < 1.29 is 9.90 Å². The molecule has 7 N–H and O–H groups in total. The number of carbonyl (C=O) groups is 1. The minimum atomic E-state index is -0.532. The van der Waals surface area contributed by atoms with E-state index < -0.39 is 5.91 Å². The van der Waals surface area contributed by atoms with Crippen molar-refractivity contribution in [2.45, 2.75) is 31.3 Å². The van der Waals surface area contributed by atoms with Gasteiger partial charge in [0.1, 0.15) is 5.75 Å². The van der Waals surface area contributed by atoms with Gasteiger partial charge < -0.3 is 22.3 Å². The summed E-state index contributed by atoms with van der Waals surface area (Å²) in [6.45, 7) is 0. The third-order valence-corrected chi connectivity index (χ3v) is 2.64. The number of carbonyl (C=O) groups excluding carboxylic acids is 1. The molecule has 0 spiro atoms. The Bertz CT molecular complexity index is 374. The molecule has 0 heterocycles. The predicted octanol–water partition coefficient (Wildman–Crippen LogP) is 0.316. The molecule has 0 radical (unpaired) electrons. The largest absolute Gasteiger partial charge is 0.508 e. The Labute approximate surface area is 101 Å². The van der Waals surface area contributed by atoms with Crippen LogP contribution < -0.4 is 17.2 Å². The molecule has 0 aliphatic heterocycles. The van der Waals surface area contributed by atoms with Gasteiger partial charge in [-0.3, -0.25) is 4.79 Å². The zero-order valence-electron chi connectivity index (χ0n) is 9.67. The monoisotopic (exact) mass is 237 g/mol. The SMILES string of the molecule is NC(=O)c1cccc(O)c1.N[C@@H]1CC[C@H](N)C1. The molecule has 2 rings (SSSR count). The zero-order chi connectivity index (χ0) is 12.8. The smallest absolute Gasteiger partial charge is 0.248 e. The highest BCUT2D eigenvalue weighted by Gasteiger charge is 2.16. The predicted molar refractivity (Wildman–Crippen MR) is 66.4 cm³/mol. The Balaban J connectivity index is 0.000000181. The quantitative estimate of drug-likeness (QED) is 0.562. The molecular formula is C12H19N3O2. The lowest BCUT2D eigenvalue weighted by Crippen LogP contribution is -2.20. The Morgan fingerprint density at radius 3 is 2.12 bits per heavy atom. The Hall–Kier alpha value is -1.59. The first kappa shape index (κ1) is 13.5. The summed E-state index contributed by atoms with van der Waals surface area (Å²) in [5, 5.41) is 8.85. The highest BCUT2D eigenvalue weighted by atomic mass is 16.3. The Morgan fingerprint density at radius 1 is 1.24 bits per heavy atom. The Kier molecular flexibility index (Phi) is 4.93. The molecule has 0 bridgehead atoms. The lowest BCUT2D eigenvalue weighted by molar-refractivity contribution is 0.1000. The molecule has 1 aliphatic rings. The summed E-state index contributed by atoms with van der Waals surface area (Å²) in [5.41, 5.74) is 16.3. The van der Waals surface area contributed by atoms with Gasteiger partial charge in [0, 0.05) is 17.6 Å². The second-order valence-corrected chi connectivity index (χ2v) is 4.25. The van der Waals surface area contributed by atoms with E-state index in [4.69, 9.17) is 22.3 Å². The van der Waals surface area contributed by atoms with Crippen molar-refractivity contribution in [3.63, 3.8) is 0 Å². The van der Waals surface area contributed by atoms with E-state index in [-0.39, 0.29) is 5.75 Å². The van der Waals surface area contributed by atoms with E-state index >= 15 is 0 Å². The molecule has 17 heavy (non-hydrogen) atoms. The maximum absolute atomic E-state index is 10.5. The Morgan fingerprint density at radius 2 is 1.82 bits per heavy atom. The fourth-order valence-corrected chi connectivity index (χ4v) is 1.71. The van der Waals surface area contributed by atoms with E-state index in [1.807, 2.05) is 0 Å². The second-order valence-electron chi connectivity index (χ2n) is 4.25. The van der Waals surface area contributed by atoms with Crippen molar-refractivity contribution in [1.82, 2.24) is 0 Å². The summed E-state index contributed by atoms with van der Waals surface area (Å²) in [5.74, 6) is -0.479. The third kappa shape index (κ3) is 4.84. The van der Waals surface area contributed by atoms with Gasteiger partial charge >= 0.3 is 0 Å². The fourth-order valence-electron chi connectivity index (χ4n) is 1.71. The summed E-state index contributed by atoms with van der Waals surface area (Å²) in [6, 6.07) is 6.71. The van der Waals surface area contributed by atoms with Crippen LogP contribution in [0.2, 0.25) is 0 Å². The fraction of sp³-hybridized carbons (Fsp3) is 0.417. The summed E-state index contributed by atoms with van der Waals surface area (Å²) >= 11 is 0. The molecule has 1 aromatic carbocycles. The van der Waals surface area contributed by atoms with Crippen molar-refractivity contribution >= 4 is 5.91 Å². The first-order valence-corrected chi connectivity index (χ1v) is 5.59. The molecule has 0 unspecified atom stereocenters. The van der Waals surface area contributed by atoms with Gasteiger partial charge in [0.25, 0.3) is 0 Å². The lowest BCUT2D eigenvalue weighted by Gasteiger charge is -1.97. The van der Waals surface area contributed by atoms with Gasteiger partial charge in [-0.2, -0.15) is 0 Å². The van der Waals surface area contributed by atoms with Gasteiger partial charge in [-0.1, -0.05) is 6.07 Å². The average molecular weight is 237 g/mol. The van der Waals surface area contributed by atoms with E-state index in [9.17, 15) is 4.79 Å². The van der Waals surface area contributed by atoms with Gasteiger partial charge in [-0.05, 0) is 37.5 Å². The molecule has 2 atom stereocenters.